The molecule has 0 amide bonds. The Morgan fingerprint density at radius 3 is 3.28 bits per heavy atom. The summed E-state index contributed by atoms with van der Waals surface area (Å²) in [7, 11) is 0. The van der Waals surface area contributed by atoms with Gasteiger partial charge in [0.25, 0.3) is 0 Å². The zero-order chi connectivity index (χ0) is 12.4. The van der Waals surface area contributed by atoms with Gasteiger partial charge in [0.1, 0.15) is 4.60 Å². The Morgan fingerprint density at radius 2 is 2.44 bits per heavy atom. The molecule has 0 spiro atoms. The highest BCUT2D eigenvalue weighted by atomic mass is 79.9. The Kier molecular flexibility index (Phi) is 3.47. The third kappa shape index (κ3) is 2.49. The van der Waals surface area contributed by atoms with Crippen LogP contribution < -0.4 is 5.32 Å². The van der Waals surface area contributed by atoms with Crippen molar-refractivity contribution in [3.63, 3.8) is 0 Å². The Bertz CT molecular complexity index is 536. The van der Waals surface area contributed by atoms with Gasteiger partial charge in [-0.3, -0.25) is 0 Å². The maximum atomic E-state index is 5.69. The summed E-state index contributed by atoms with van der Waals surface area (Å²) in [5.74, 6) is 0.795. The van der Waals surface area contributed by atoms with Crippen LogP contribution in [0.3, 0.4) is 0 Å². The highest BCUT2D eigenvalue weighted by Gasteiger charge is 2.14. The average Bonchev–Trinajstić information content (AvgIpc) is 2.85. The van der Waals surface area contributed by atoms with Gasteiger partial charge in [0.05, 0.1) is 6.10 Å². The molecule has 0 radical (unpaired) electrons. The lowest BCUT2D eigenvalue weighted by Gasteiger charge is -2.23. The van der Waals surface area contributed by atoms with E-state index in [1.165, 1.54) is 12.8 Å². The first-order chi connectivity index (χ1) is 8.83. The van der Waals surface area contributed by atoms with Crippen molar-refractivity contribution in [3.8, 4) is 0 Å². The standard InChI is InChI=1S/C12H15BrN4O/c13-10-8-17-5-4-14-12(17)11(16-10)15-7-9-3-1-2-6-18-9/h4-5,8-9H,1-3,6-7H2,(H,15,16). The van der Waals surface area contributed by atoms with Crippen LogP contribution in [0.2, 0.25) is 0 Å². The van der Waals surface area contributed by atoms with Gasteiger partial charge in [0.2, 0.25) is 0 Å². The van der Waals surface area contributed by atoms with Gasteiger partial charge in [0, 0.05) is 31.7 Å². The van der Waals surface area contributed by atoms with E-state index >= 15 is 0 Å². The maximum absolute atomic E-state index is 5.69. The van der Waals surface area contributed by atoms with Crippen LogP contribution in [-0.4, -0.2) is 33.6 Å². The minimum absolute atomic E-state index is 0.287. The first-order valence-electron chi connectivity index (χ1n) is 6.17. The summed E-state index contributed by atoms with van der Waals surface area (Å²) in [4.78, 5) is 8.72. The van der Waals surface area contributed by atoms with Crippen molar-refractivity contribution in [2.24, 2.45) is 0 Å². The van der Waals surface area contributed by atoms with E-state index in [1.54, 1.807) is 6.20 Å². The molecule has 0 aliphatic carbocycles. The molecule has 3 heterocycles. The molecule has 1 saturated heterocycles. The minimum Gasteiger partial charge on any atom is -0.376 e. The van der Waals surface area contributed by atoms with E-state index < -0.39 is 0 Å². The number of hydrogen-bond donors (Lipinski definition) is 1. The molecule has 1 atom stereocenters. The smallest absolute Gasteiger partial charge is 0.180 e. The van der Waals surface area contributed by atoms with Gasteiger partial charge in [-0.05, 0) is 35.2 Å². The summed E-state index contributed by atoms with van der Waals surface area (Å²) in [5, 5.41) is 3.33. The Morgan fingerprint density at radius 1 is 1.50 bits per heavy atom. The van der Waals surface area contributed by atoms with Gasteiger partial charge in [0.15, 0.2) is 11.5 Å². The number of halogens is 1. The van der Waals surface area contributed by atoms with E-state index in [9.17, 15) is 0 Å². The predicted molar refractivity (Wildman–Crippen MR) is 72.8 cm³/mol. The molecule has 0 saturated carbocycles. The van der Waals surface area contributed by atoms with Gasteiger partial charge in [-0.25, -0.2) is 9.97 Å². The van der Waals surface area contributed by atoms with Crippen molar-refractivity contribution in [1.82, 2.24) is 14.4 Å². The van der Waals surface area contributed by atoms with Crippen molar-refractivity contribution in [1.29, 1.82) is 0 Å². The zero-order valence-electron chi connectivity index (χ0n) is 9.97. The topological polar surface area (TPSA) is 51.5 Å². The lowest BCUT2D eigenvalue weighted by atomic mass is 10.1. The first-order valence-corrected chi connectivity index (χ1v) is 6.97. The molecule has 5 nitrogen and oxygen atoms in total. The second-order valence-electron chi connectivity index (χ2n) is 4.44. The van der Waals surface area contributed by atoms with Crippen LogP contribution in [0.4, 0.5) is 5.82 Å². The second kappa shape index (κ2) is 5.24. The molecule has 1 aliphatic rings. The van der Waals surface area contributed by atoms with Gasteiger partial charge in [-0.2, -0.15) is 0 Å². The summed E-state index contributed by atoms with van der Waals surface area (Å²) in [5.41, 5.74) is 0.842. The van der Waals surface area contributed by atoms with Gasteiger partial charge in [-0.1, -0.05) is 0 Å². The van der Waals surface area contributed by atoms with Gasteiger partial charge in [-0.15, -0.1) is 0 Å². The molecule has 2 aromatic heterocycles. The van der Waals surface area contributed by atoms with Crippen molar-refractivity contribution in [2.45, 2.75) is 25.4 Å². The Hall–Kier alpha value is -1.14. The maximum Gasteiger partial charge on any atom is 0.180 e. The summed E-state index contributed by atoms with van der Waals surface area (Å²) >= 11 is 3.40. The van der Waals surface area contributed by atoms with E-state index in [0.29, 0.717) is 0 Å². The summed E-state index contributed by atoms with van der Waals surface area (Å²) in [6.07, 6.45) is 9.40. The number of imidazole rings is 1. The van der Waals surface area contributed by atoms with Crippen molar-refractivity contribution in [2.75, 3.05) is 18.5 Å². The van der Waals surface area contributed by atoms with Gasteiger partial charge >= 0.3 is 0 Å². The van der Waals surface area contributed by atoms with Crippen LogP contribution in [-0.2, 0) is 4.74 Å². The molecule has 1 N–H and O–H groups in total. The summed E-state index contributed by atoms with van der Waals surface area (Å²) in [6, 6.07) is 0. The summed E-state index contributed by atoms with van der Waals surface area (Å²) in [6.45, 7) is 1.66. The quantitative estimate of drug-likeness (QED) is 0.946. The lowest BCUT2D eigenvalue weighted by molar-refractivity contribution is 0.0247. The van der Waals surface area contributed by atoms with Crippen molar-refractivity contribution < 1.29 is 4.74 Å². The highest BCUT2D eigenvalue weighted by Crippen LogP contribution is 2.18. The molecule has 3 rings (SSSR count). The number of nitrogens with zero attached hydrogens (tertiary/aromatic N) is 3. The van der Waals surface area contributed by atoms with E-state index in [-0.39, 0.29) is 6.10 Å². The molecule has 6 heteroatoms. The number of hydrogen-bond acceptors (Lipinski definition) is 4. The number of rotatable bonds is 3. The van der Waals surface area contributed by atoms with Crippen LogP contribution in [0.5, 0.6) is 0 Å². The van der Waals surface area contributed by atoms with Crippen molar-refractivity contribution in [3.05, 3.63) is 23.2 Å². The minimum atomic E-state index is 0.287. The molecule has 96 valence electrons. The van der Waals surface area contributed by atoms with Crippen LogP contribution in [0.25, 0.3) is 5.65 Å². The molecule has 1 unspecified atom stereocenters. The number of ether oxygens (including phenoxy) is 1. The summed E-state index contributed by atoms with van der Waals surface area (Å²) < 4.78 is 8.43. The third-order valence-electron chi connectivity index (χ3n) is 3.12. The van der Waals surface area contributed by atoms with Crippen LogP contribution in [0, 0.1) is 0 Å². The fourth-order valence-electron chi connectivity index (χ4n) is 2.20. The molecule has 2 aromatic rings. The average molecular weight is 311 g/mol. The number of aromatic nitrogens is 3. The lowest BCUT2D eigenvalue weighted by Crippen LogP contribution is -2.27. The molecule has 1 aliphatic heterocycles. The first kappa shape index (κ1) is 11.9. The van der Waals surface area contributed by atoms with Gasteiger partial charge < -0.3 is 14.5 Å². The highest BCUT2D eigenvalue weighted by molar-refractivity contribution is 9.10. The molecule has 0 bridgehead atoms. The SMILES string of the molecule is Brc1cn2ccnc2c(NCC2CCCCO2)n1. The molecule has 18 heavy (non-hydrogen) atoms. The number of nitrogens with one attached hydrogen (secondary N) is 1. The monoisotopic (exact) mass is 310 g/mol. The van der Waals surface area contributed by atoms with Crippen LogP contribution in [0.1, 0.15) is 19.3 Å². The molecular weight excluding hydrogens is 296 g/mol. The predicted octanol–water partition coefficient (Wildman–Crippen LogP) is 2.47. The Labute approximate surface area is 114 Å². The molecular formula is C12H15BrN4O. The van der Waals surface area contributed by atoms with E-state index in [4.69, 9.17) is 4.74 Å². The van der Waals surface area contributed by atoms with Crippen molar-refractivity contribution >= 4 is 27.4 Å². The second-order valence-corrected chi connectivity index (χ2v) is 5.25. The number of fused-ring (bicyclic) bond motifs is 1. The third-order valence-corrected chi connectivity index (χ3v) is 3.50. The molecule has 1 fully saturated rings. The normalized spacial score (nSPS) is 20.2. The fourth-order valence-corrected chi connectivity index (χ4v) is 2.60. The largest absolute Gasteiger partial charge is 0.376 e. The zero-order valence-corrected chi connectivity index (χ0v) is 11.6. The van der Waals surface area contributed by atoms with E-state index in [2.05, 4.69) is 31.2 Å². The van der Waals surface area contributed by atoms with E-state index in [0.717, 1.165) is 35.6 Å². The fraction of sp³-hybridized carbons (Fsp3) is 0.500. The van der Waals surface area contributed by atoms with Crippen LogP contribution in [0.15, 0.2) is 23.2 Å². The Balaban J connectivity index is 1.75. The van der Waals surface area contributed by atoms with Crippen LogP contribution >= 0.6 is 15.9 Å². The van der Waals surface area contributed by atoms with E-state index in [1.807, 2.05) is 16.8 Å². The number of anilines is 1. The molecule has 0 aromatic carbocycles.